The van der Waals surface area contributed by atoms with Gasteiger partial charge in [0, 0.05) is 6.54 Å². The molecule has 0 aliphatic carbocycles. The molecule has 106 valence electrons. The van der Waals surface area contributed by atoms with Crippen LogP contribution in [0.2, 0.25) is 0 Å². The number of piperidine rings is 1. The Kier molecular flexibility index (Phi) is 4.76. The van der Waals surface area contributed by atoms with Crippen molar-refractivity contribution in [3.05, 3.63) is 10.6 Å². The van der Waals surface area contributed by atoms with Crippen LogP contribution in [-0.4, -0.2) is 47.6 Å². The lowest BCUT2D eigenvalue weighted by Gasteiger charge is -2.28. The van der Waals surface area contributed by atoms with Crippen LogP contribution in [0.4, 0.5) is 5.13 Å². The Morgan fingerprint density at radius 2 is 2.21 bits per heavy atom. The number of carboxylic acid groups (broad SMARTS) is 1. The molecule has 19 heavy (non-hydrogen) atoms. The number of likely N-dealkylation sites (tertiary alicyclic amines) is 1. The maximum absolute atomic E-state index is 10.9. The fraction of sp³-hybridized carbons (Fsp3) is 0.692. The first-order valence-corrected chi connectivity index (χ1v) is 7.51. The quantitative estimate of drug-likeness (QED) is 0.868. The van der Waals surface area contributed by atoms with E-state index in [0.29, 0.717) is 10.6 Å². The van der Waals surface area contributed by atoms with Gasteiger partial charge in [-0.25, -0.2) is 9.78 Å². The predicted octanol–water partition coefficient (Wildman–Crippen LogP) is 2.29. The van der Waals surface area contributed by atoms with Crippen molar-refractivity contribution in [3.63, 3.8) is 0 Å². The molecule has 0 saturated carbocycles. The third-order valence-electron chi connectivity index (χ3n) is 3.66. The highest BCUT2D eigenvalue weighted by Crippen LogP contribution is 2.24. The first-order valence-electron chi connectivity index (χ1n) is 6.69. The SMILES string of the molecule is Cc1nc(NCCC2CCN(C)CC2)sc1C(=O)O. The number of carboxylic acids is 1. The van der Waals surface area contributed by atoms with Crippen LogP contribution in [0, 0.1) is 12.8 Å². The smallest absolute Gasteiger partial charge is 0.347 e. The summed E-state index contributed by atoms with van der Waals surface area (Å²) in [4.78, 5) is 17.9. The summed E-state index contributed by atoms with van der Waals surface area (Å²) in [5.74, 6) is -0.109. The minimum atomic E-state index is -0.890. The van der Waals surface area contributed by atoms with Gasteiger partial charge in [-0.1, -0.05) is 11.3 Å². The summed E-state index contributed by atoms with van der Waals surface area (Å²) in [5.41, 5.74) is 0.597. The van der Waals surface area contributed by atoms with Gasteiger partial charge in [0.25, 0.3) is 0 Å². The van der Waals surface area contributed by atoms with E-state index in [1.165, 1.54) is 37.3 Å². The van der Waals surface area contributed by atoms with Crippen molar-refractivity contribution in [2.45, 2.75) is 26.2 Å². The zero-order valence-electron chi connectivity index (χ0n) is 11.5. The van der Waals surface area contributed by atoms with Gasteiger partial charge in [-0.3, -0.25) is 0 Å². The Morgan fingerprint density at radius 1 is 1.53 bits per heavy atom. The normalized spacial score (nSPS) is 17.6. The number of carbonyl (C=O) groups is 1. The van der Waals surface area contributed by atoms with E-state index >= 15 is 0 Å². The Labute approximate surface area is 117 Å². The fourth-order valence-corrected chi connectivity index (χ4v) is 3.24. The molecule has 1 fully saturated rings. The minimum Gasteiger partial charge on any atom is -0.477 e. The summed E-state index contributed by atoms with van der Waals surface area (Å²) in [6.45, 7) is 4.98. The summed E-state index contributed by atoms with van der Waals surface area (Å²) in [7, 11) is 2.17. The standard InChI is InChI=1S/C13H21N3O2S/c1-9-11(12(17)18)19-13(15-9)14-6-3-10-4-7-16(2)8-5-10/h10H,3-8H2,1-2H3,(H,14,15)(H,17,18). The predicted molar refractivity (Wildman–Crippen MR) is 77.1 cm³/mol. The molecule has 1 aromatic rings. The van der Waals surface area contributed by atoms with Crippen molar-refractivity contribution in [2.75, 3.05) is 32.0 Å². The Balaban J connectivity index is 1.76. The molecule has 0 radical (unpaired) electrons. The van der Waals surface area contributed by atoms with E-state index < -0.39 is 5.97 Å². The van der Waals surface area contributed by atoms with E-state index in [0.717, 1.165) is 24.0 Å². The molecule has 2 heterocycles. The monoisotopic (exact) mass is 283 g/mol. The maximum atomic E-state index is 10.9. The second kappa shape index (κ2) is 6.34. The van der Waals surface area contributed by atoms with E-state index in [9.17, 15) is 4.79 Å². The molecule has 2 N–H and O–H groups in total. The topological polar surface area (TPSA) is 65.5 Å². The number of aromatic nitrogens is 1. The van der Waals surface area contributed by atoms with Gasteiger partial charge in [-0.05, 0) is 52.2 Å². The summed E-state index contributed by atoms with van der Waals surface area (Å²) < 4.78 is 0. The lowest BCUT2D eigenvalue weighted by Crippen LogP contribution is -2.30. The van der Waals surface area contributed by atoms with Gasteiger partial charge in [0.15, 0.2) is 5.13 Å². The summed E-state index contributed by atoms with van der Waals surface area (Å²) in [5, 5.41) is 12.9. The van der Waals surface area contributed by atoms with E-state index in [2.05, 4.69) is 22.2 Å². The molecule has 0 aromatic carbocycles. The van der Waals surface area contributed by atoms with E-state index in [-0.39, 0.29) is 0 Å². The molecule has 0 bridgehead atoms. The van der Waals surface area contributed by atoms with E-state index in [4.69, 9.17) is 5.11 Å². The van der Waals surface area contributed by atoms with Crippen molar-refractivity contribution < 1.29 is 9.90 Å². The van der Waals surface area contributed by atoms with Crippen LogP contribution in [0.25, 0.3) is 0 Å². The first kappa shape index (κ1) is 14.3. The minimum absolute atomic E-state index is 0.335. The second-order valence-electron chi connectivity index (χ2n) is 5.20. The highest BCUT2D eigenvalue weighted by atomic mass is 32.1. The van der Waals surface area contributed by atoms with Gasteiger partial charge < -0.3 is 15.3 Å². The Hall–Kier alpha value is -1.14. The molecule has 0 spiro atoms. The summed E-state index contributed by atoms with van der Waals surface area (Å²) >= 11 is 1.22. The number of anilines is 1. The van der Waals surface area contributed by atoms with E-state index in [1.807, 2.05) is 0 Å². The van der Waals surface area contributed by atoms with Crippen LogP contribution >= 0.6 is 11.3 Å². The number of aromatic carboxylic acids is 1. The molecule has 6 heteroatoms. The molecule has 1 aliphatic rings. The summed E-state index contributed by atoms with van der Waals surface area (Å²) in [6, 6.07) is 0. The number of aryl methyl sites for hydroxylation is 1. The number of rotatable bonds is 5. The first-order chi connectivity index (χ1) is 9.06. The van der Waals surface area contributed by atoms with Crippen LogP contribution < -0.4 is 5.32 Å². The Bertz CT molecular complexity index is 439. The maximum Gasteiger partial charge on any atom is 0.347 e. The van der Waals surface area contributed by atoms with Crippen LogP contribution in [0.15, 0.2) is 0 Å². The molecule has 0 amide bonds. The van der Waals surface area contributed by atoms with Crippen molar-refractivity contribution in [1.29, 1.82) is 0 Å². The number of hydrogen-bond donors (Lipinski definition) is 2. The van der Waals surface area contributed by atoms with Gasteiger partial charge in [0.1, 0.15) is 4.88 Å². The van der Waals surface area contributed by atoms with Crippen molar-refractivity contribution in [3.8, 4) is 0 Å². The molecule has 2 rings (SSSR count). The average molecular weight is 283 g/mol. The molecular weight excluding hydrogens is 262 g/mol. The molecule has 1 aliphatic heterocycles. The van der Waals surface area contributed by atoms with Crippen LogP contribution in [0.3, 0.4) is 0 Å². The number of hydrogen-bond acceptors (Lipinski definition) is 5. The van der Waals surface area contributed by atoms with Gasteiger partial charge in [-0.2, -0.15) is 0 Å². The van der Waals surface area contributed by atoms with Crippen LogP contribution in [0.1, 0.15) is 34.6 Å². The molecule has 1 saturated heterocycles. The number of nitrogens with one attached hydrogen (secondary N) is 1. The van der Waals surface area contributed by atoms with Gasteiger partial charge in [-0.15, -0.1) is 0 Å². The molecule has 1 aromatic heterocycles. The van der Waals surface area contributed by atoms with E-state index in [1.54, 1.807) is 6.92 Å². The summed E-state index contributed by atoms with van der Waals surface area (Å²) in [6.07, 6.45) is 3.65. The van der Waals surface area contributed by atoms with Gasteiger partial charge in [0.2, 0.25) is 0 Å². The molecule has 5 nitrogen and oxygen atoms in total. The second-order valence-corrected chi connectivity index (χ2v) is 6.20. The Morgan fingerprint density at radius 3 is 2.79 bits per heavy atom. The highest BCUT2D eigenvalue weighted by molar-refractivity contribution is 7.17. The average Bonchev–Trinajstić information content (AvgIpc) is 2.73. The number of thiazole rings is 1. The van der Waals surface area contributed by atoms with Gasteiger partial charge in [0.05, 0.1) is 5.69 Å². The molecular formula is C13H21N3O2S. The largest absolute Gasteiger partial charge is 0.477 e. The number of nitrogens with zero attached hydrogens (tertiary/aromatic N) is 2. The zero-order chi connectivity index (χ0) is 13.8. The lowest BCUT2D eigenvalue weighted by molar-refractivity contribution is 0.0701. The highest BCUT2D eigenvalue weighted by Gasteiger charge is 2.17. The third-order valence-corrected chi connectivity index (χ3v) is 4.76. The van der Waals surface area contributed by atoms with Gasteiger partial charge >= 0.3 is 5.97 Å². The fourth-order valence-electron chi connectivity index (χ4n) is 2.40. The lowest BCUT2D eigenvalue weighted by atomic mass is 9.94. The van der Waals surface area contributed by atoms with Crippen molar-refractivity contribution in [2.24, 2.45) is 5.92 Å². The van der Waals surface area contributed by atoms with Crippen LogP contribution in [0.5, 0.6) is 0 Å². The third kappa shape index (κ3) is 3.91. The molecule has 0 unspecified atom stereocenters. The molecule has 0 atom stereocenters. The van der Waals surface area contributed by atoms with Crippen LogP contribution in [-0.2, 0) is 0 Å². The van der Waals surface area contributed by atoms with Crippen molar-refractivity contribution >= 4 is 22.4 Å². The zero-order valence-corrected chi connectivity index (χ0v) is 12.3. The van der Waals surface area contributed by atoms with Crippen molar-refractivity contribution in [1.82, 2.24) is 9.88 Å².